The minimum atomic E-state index is -0.393. The summed E-state index contributed by atoms with van der Waals surface area (Å²) in [5, 5.41) is 12.1. The molecule has 2 rings (SSSR count). The Labute approximate surface area is 113 Å². The number of aliphatic hydroxyl groups is 1. The largest absolute Gasteiger partial charge is 0.388 e. The molecule has 0 saturated carbocycles. The van der Waals surface area contributed by atoms with Gasteiger partial charge in [-0.3, -0.25) is 0 Å². The number of thiophene rings is 1. The molecule has 0 aromatic carbocycles. The minimum absolute atomic E-state index is 0.393. The molecule has 1 atom stereocenters. The molecule has 2 heteroatoms. The molecule has 1 nitrogen and oxygen atoms in total. The molecule has 1 aromatic heterocycles. The van der Waals surface area contributed by atoms with Crippen LogP contribution in [0.4, 0.5) is 0 Å². The van der Waals surface area contributed by atoms with Gasteiger partial charge >= 0.3 is 0 Å². The van der Waals surface area contributed by atoms with Crippen molar-refractivity contribution in [3.63, 3.8) is 0 Å². The van der Waals surface area contributed by atoms with Crippen molar-refractivity contribution < 1.29 is 5.11 Å². The average Bonchev–Trinajstić information content (AvgIpc) is 2.90. The van der Waals surface area contributed by atoms with Crippen LogP contribution in [0.15, 0.2) is 41.3 Å². The van der Waals surface area contributed by atoms with Crippen LogP contribution in [0.25, 0.3) is 0 Å². The van der Waals surface area contributed by atoms with Gasteiger partial charge in [-0.15, -0.1) is 17.9 Å². The third-order valence-corrected chi connectivity index (χ3v) is 3.95. The summed E-state index contributed by atoms with van der Waals surface area (Å²) in [6.07, 6.45) is 6.32. The summed E-state index contributed by atoms with van der Waals surface area (Å²) in [6, 6.07) is 4.04. The zero-order chi connectivity index (χ0) is 12.8. The van der Waals surface area contributed by atoms with E-state index in [0.717, 1.165) is 35.3 Å². The summed E-state index contributed by atoms with van der Waals surface area (Å²) >= 11 is 1.66. The standard InChI is InChI=1S/C16H18OS/c1-2-6-16(17)15-9-4-3-7-13(15)10-11-14-8-5-12-18-14/h2,5,8,12,16-17H,1,3-4,6-7,9H2. The summed E-state index contributed by atoms with van der Waals surface area (Å²) in [7, 11) is 0. The molecule has 0 amide bonds. The van der Waals surface area contributed by atoms with E-state index in [1.54, 1.807) is 17.4 Å². The monoisotopic (exact) mass is 258 g/mol. The van der Waals surface area contributed by atoms with Crippen LogP contribution in [-0.4, -0.2) is 11.2 Å². The molecule has 0 saturated heterocycles. The summed E-state index contributed by atoms with van der Waals surface area (Å²) in [5.41, 5.74) is 2.27. The van der Waals surface area contributed by atoms with Crippen LogP contribution in [0.5, 0.6) is 0 Å². The van der Waals surface area contributed by atoms with Gasteiger partial charge in [0.05, 0.1) is 11.0 Å². The molecule has 1 heterocycles. The van der Waals surface area contributed by atoms with Crippen molar-refractivity contribution >= 4 is 11.3 Å². The van der Waals surface area contributed by atoms with Crippen LogP contribution in [0.2, 0.25) is 0 Å². The minimum Gasteiger partial charge on any atom is -0.388 e. The molecular formula is C16H18OS. The van der Waals surface area contributed by atoms with E-state index in [2.05, 4.69) is 18.4 Å². The second-order valence-electron chi connectivity index (χ2n) is 4.48. The summed E-state index contributed by atoms with van der Waals surface area (Å²) < 4.78 is 0. The van der Waals surface area contributed by atoms with E-state index >= 15 is 0 Å². The zero-order valence-corrected chi connectivity index (χ0v) is 11.3. The first-order chi connectivity index (χ1) is 8.81. The molecule has 0 aliphatic heterocycles. The number of hydrogen-bond acceptors (Lipinski definition) is 2. The van der Waals surface area contributed by atoms with E-state index in [1.165, 1.54) is 6.42 Å². The van der Waals surface area contributed by atoms with Gasteiger partial charge in [0.1, 0.15) is 0 Å². The highest BCUT2D eigenvalue weighted by Crippen LogP contribution is 2.28. The van der Waals surface area contributed by atoms with Gasteiger partial charge in [0.25, 0.3) is 0 Å². The van der Waals surface area contributed by atoms with Gasteiger partial charge < -0.3 is 5.11 Å². The van der Waals surface area contributed by atoms with Gasteiger partial charge in [0.15, 0.2) is 0 Å². The number of aliphatic hydroxyl groups excluding tert-OH is 1. The lowest BCUT2D eigenvalue weighted by atomic mass is 9.87. The maximum absolute atomic E-state index is 10.1. The van der Waals surface area contributed by atoms with Crippen molar-refractivity contribution in [1.29, 1.82) is 0 Å². The topological polar surface area (TPSA) is 20.2 Å². The highest BCUT2D eigenvalue weighted by atomic mass is 32.1. The van der Waals surface area contributed by atoms with E-state index in [0.29, 0.717) is 6.42 Å². The van der Waals surface area contributed by atoms with Crippen LogP contribution < -0.4 is 0 Å². The van der Waals surface area contributed by atoms with Crippen LogP contribution in [0.1, 0.15) is 37.0 Å². The van der Waals surface area contributed by atoms with Crippen LogP contribution >= 0.6 is 11.3 Å². The molecule has 1 aliphatic carbocycles. The average molecular weight is 258 g/mol. The van der Waals surface area contributed by atoms with E-state index < -0.39 is 6.10 Å². The Kier molecular flexibility index (Phi) is 4.81. The maximum atomic E-state index is 10.1. The normalized spacial score (nSPS) is 16.9. The zero-order valence-electron chi connectivity index (χ0n) is 10.5. The van der Waals surface area contributed by atoms with Gasteiger partial charge in [-0.05, 0) is 49.1 Å². The molecule has 94 valence electrons. The molecule has 0 radical (unpaired) electrons. The third-order valence-electron chi connectivity index (χ3n) is 3.16. The first kappa shape index (κ1) is 13.1. The predicted molar refractivity (Wildman–Crippen MR) is 77.5 cm³/mol. The van der Waals surface area contributed by atoms with Crippen molar-refractivity contribution in [3.8, 4) is 11.8 Å². The molecule has 1 aromatic rings. The van der Waals surface area contributed by atoms with E-state index in [-0.39, 0.29) is 0 Å². The van der Waals surface area contributed by atoms with Crippen molar-refractivity contribution in [2.45, 2.75) is 38.2 Å². The Bertz CT molecular complexity index is 485. The molecule has 0 spiro atoms. The Hall–Kier alpha value is -1.30. The van der Waals surface area contributed by atoms with Gasteiger partial charge in [0.2, 0.25) is 0 Å². The molecular weight excluding hydrogens is 240 g/mol. The summed E-state index contributed by atoms with van der Waals surface area (Å²) in [4.78, 5) is 1.09. The fourth-order valence-corrected chi connectivity index (χ4v) is 2.80. The van der Waals surface area contributed by atoms with Crippen molar-refractivity contribution in [3.05, 3.63) is 46.2 Å². The van der Waals surface area contributed by atoms with Gasteiger partial charge in [0, 0.05) is 5.57 Å². The molecule has 0 bridgehead atoms. The van der Waals surface area contributed by atoms with Gasteiger partial charge in [-0.1, -0.05) is 24.0 Å². The lowest BCUT2D eigenvalue weighted by Gasteiger charge is -2.20. The molecule has 1 N–H and O–H groups in total. The highest BCUT2D eigenvalue weighted by molar-refractivity contribution is 7.10. The quantitative estimate of drug-likeness (QED) is 0.644. The second-order valence-corrected chi connectivity index (χ2v) is 5.43. The Morgan fingerprint density at radius 3 is 2.94 bits per heavy atom. The Morgan fingerprint density at radius 1 is 1.39 bits per heavy atom. The first-order valence-electron chi connectivity index (χ1n) is 6.37. The first-order valence-corrected chi connectivity index (χ1v) is 7.25. The molecule has 18 heavy (non-hydrogen) atoms. The van der Waals surface area contributed by atoms with Crippen LogP contribution in [0.3, 0.4) is 0 Å². The van der Waals surface area contributed by atoms with Crippen LogP contribution in [0, 0.1) is 11.8 Å². The molecule has 0 fully saturated rings. The van der Waals surface area contributed by atoms with Crippen molar-refractivity contribution in [2.75, 3.05) is 0 Å². The fourth-order valence-electron chi connectivity index (χ4n) is 2.23. The Morgan fingerprint density at radius 2 is 2.22 bits per heavy atom. The highest BCUT2D eigenvalue weighted by Gasteiger charge is 2.17. The Balaban J connectivity index is 2.22. The van der Waals surface area contributed by atoms with Crippen molar-refractivity contribution in [2.24, 2.45) is 0 Å². The molecule has 1 unspecified atom stereocenters. The van der Waals surface area contributed by atoms with Crippen molar-refractivity contribution in [1.82, 2.24) is 0 Å². The summed E-state index contributed by atoms with van der Waals surface area (Å²) in [6.45, 7) is 3.69. The fraction of sp³-hybridized carbons (Fsp3) is 0.375. The summed E-state index contributed by atoms with van der Waals surface area (Å²) in [5.74, 6) is 6.45. The second kappa shape index (κ2) is 6.58. The predicted octanol–water partition coefficient (Wildman–Crippen LogP) is 3.91. The smallest absolute Gasteiger partial charge is 0.0796 e. The lowest BCUT2D eigenvalue weighted by molar-refractivity contribution is 0.206. The number of allylic oxidation sites excluding steroid dienone is 1. The maximum Gasteiger partial charge on any atom is 0.0796 e. The third kappa shape index (κ3) is 3.35. The number of hydrogen-bond donors (Lipinski definition) is 1. The van der Waals surface area contributed by atoms with Crippen LogP contribution in [-0.2, 0) is 0 Å². The van der Waals surface area contributed by atoms with Gasteiger partial charge in [-0.25, -0.2) is 0 Å². The lowest BCUT2D eigenvalue weighted by Crippen LogP contribution is -2.14. The SMILES string of the molecule is C=CCC(O)C1=C(C#Cc2cccs2)CCCC1. The van der Waals surface area contributed by atoms with E-state index in [4.69, 9.17) is 0 Å². The number of rotatable bonds is 3. The van der Waals surface area contributed by atoms with E-state index in [1.807, 2.05) is 17.5 Å². The van der Waals surface area contributed by atoms with E-state index in [9.17, 15) is 5.11 Å². The van der Waals surface area contributed by atoms with Gasteiger partial charge in [-0.2, -0.15) is 0 Å². The molecule has 1 aliphatic rings.